The second-order valence-corrected chi connectivity index (χ2v) is 4.33. The molecule has 19 heavy (non-hydrogen) atoms. The van der Waals surface area contributed by atoms with E-state index in [2.05, 4.69) is 4.74 Å². The number of ether oxygens (including phenoxy) is 1. The summed E-state index contributed by atoms with van der Waals surface area (Å²) in [7, 11) is 0. The summed E-state index contributed by atoms with van der Waals surface area (Å²) < 4.78 is 55.5. The quantitative estimate of drug-likeness (QED) is 0.739. The second kappa shape index (κ2) is 4.81. The molecule has 0 radical (unpaired) electrons. The molecule has 1 nitrogen and oxygen atoms in total. The number of halogens is 4. The molecule has 0 fully saturated rings. The van der Waals surface area contributed by atoms with Gasteiger partial charge in [-0.3, -0.25) is 0 Å². The van der Waals surface area contributed by atoms with E-state index >= 15 is 0 Å². The lowest BCUT2D eigenvalue weighted by molar-refractivity contribution is -0.345. The fourth-order valence-corrected chi connectivity index (χ4v) is 1.71. The van der Waals surface area contributed by atoms with Crippen molar-refractivity contribution in [2.45, 2.75) is 25.6 Å². The molecule has 2 aromatic rings. The maximum absolute atomic E-state index is 13.0. The number of fused-ring (bicyclic) bond motifs is 1. The average Bonchev–Trinajstić information content (AvgIpc) is 2.35. The van der Waals surface area contributed by atoms with Crippen LogP contribution in [0, 0.1) is 0 Å². The zero-order valence-electron chi connectivity index (χ0n) is 10.2. The summed E-state index contributed by atoms with van der Waals surface area (Å²) in [4.78, 5) is 0. The standard InChI is InChI=1S/C14H12F4O/c1-13(15,16)14(17,18)19-9-11-7-4-6-10-5-2-3-8-12(10)11/h2-8H,9H2,1H3. The van der Waals surface area contributed by atoms with Gasteiger partial charge in [-0.25, -0.2) is 0 Å². The Bertz CT molecular complexity index is 570. The molecular weight excluding hydrogens is 260 g/mol. The molecule has 2 rings (SSSR count). The minimum Gasteiger partial charge on any atom is -0.311 e. The summed E-state index contributed by atoms with van der Waals surface area (Å²) in [5.41, 5.74) is 0.446. The molecule has 0 heterocycles. The van der Waals surface area contributed by atoms with E-state index in [0.717, 1.165) is 5.39 Å². The summed E-state index contributed by atoms with van der Waals surface area (Å²) in [5, 5.41) is 1.55. The van der Waals surface area contributed by atoms with Crippen LogP contribution >= 0.6 is 0 Å². The van der Waals surface area contributed by atoms with Gasteiger partial charge in [-0.15, -0.1) is 0 Å². The van der Waals surface area contributed by atoms with Gasteiger partial charge in [0.1, 0.15) is 0 Å². The molecule has 0 amide bonds. The van der Waals surface area contributed by atoms with E-state index in [1.165, 1.54) is 0 Å². The van der Waals surface area contributed by atoms with Gasteiger partial charge in [-0.1, -0.05) is 42.5 Å². The average molecular weight is 272 g/mol. The predicted octanol–water partition coefficient (Wildman–Crippen LogP) is 4.60. The van der Waals surface area contributed by atoms with E-state index in [1.807, 2.05) is 18.2 Å². The minimum atomic E-state index is -4.48. The minimum absolute atomic E-state index is 0.135. The second-order valence-electron chi connectivity index (χ2n) is 4.33. The molecule has 0 saturated heterocycles. The van der Waals surface area contributed by atoms with Gasteiger partial charge in [0.05, 0.1) is 6.61 Å². The van der Waals surface area contributed by atoms with Crippen molar-refractivity contribution in [2.75, 3.05) is 0 Å². The van der Waals surface area contributed by atoms with Crippen LogP contribution in [0.2, 0.25) is 0 Å². The zero-order valence-corrected chi connectivity index (χ0v) is 10.2. The third kappa shape index (κ3) is 2.87. The van der Waals surface area contributed by atoms with E-state index in [4.69, 9.17) is 0 Å². The van der Waals surface area contributed by atoms with Crippen LogP contribution in [-0.4, -0.2) is 12.0 Å². The SMILES string of the molecule is CC(F)(F)C(F)(F)OCc1cccc2ccccc12. The third-order valence-electron chi connectivity index (χ3n) is 2.80. The Kier molecular flexibility index (Phi) is 3.49. The normalized spacial score (nSPS) is 12.9. The van der Waals surface area contributed by atoms with Crippen LogP contribution in [0.1, 0.15) is 12.5 Å². The Balaban J connectivity index is 2.23. The van der Waals surface area contributed by atoms with Crippen molar-refractivity contribution in [1.29, 1.82) is 0 Å². The van der Waals surface area contributed by atoms with Gasteiger partial charge in [0.2, 0.25) is 0 Å². The number of rotatable bonds is 4. The highest BCUT2D eigenvalue weighted by Gasteiger charge is 2.53. The topological polar surface area (TPSA) is 9.23 Å². The van der Waals surface area contributed by atoms with E-state index in [9.17, 15) is 17.6 Å². The summed E-state index contributed by atoms with van der Waals surface area (Å²) in [6.45, 7) is -0.437. The molecule has 0 N–H and O–H groups in total. The fourth-order valence-electron chi connectivity index (χ4n) is 1.71. The Labute approximate surface area is 107 Å². The highest BCUT2D eigenvalue weighted by molar-refractivity contribution is 5.85. The van der Waals surface area contributed by atoms with Crippen molar-refractivity contribution in [2.24, 2.45) is 0 Å². The number of hydrogen-bond acceptors (Lipinski definition) is 1. The van der Waals surface area contributed by atoms with Gasteiger partial charge in [-0.05, 0) is 16.3 Å². The molecule has 2 aromatic carbocycles. The van der Waals surface area contributed by atoms with Crippen LogP contribution in [0.4, 0.5) is 17.6 Å². The third-order valence-corrected chi connectivity index (χ3v) is 2.80. The molecule has 0 unspecified atom stereocenters. The van der Waals surface area contributed by atoms with Gasteiger partial charge < -0.3 is 4.74 Å². The van der Waals surface area contributed by atoms with Gasteiger partial charge in [0.25, 0.3) is 0 Å². The first kappa shape index (κ1) is 13.8. The molecule has 0 aliphatic heterocycles. The summed E-state index contributed by atoms with van der Waals surface area (Å²) in [5.74, 6) is -4.21. The van der Waals surface area contributed by atoms with Gasteiger partial charge in [-0.2, -0.15) is 17.6 Å². The first-order chi connectivity index (χ1) is 8.81. The Morgan fingerprint density at radius 2 is 1.58 bits per heavy atom. The van der Waals surface area contributed by atoms with Crippen molar-refractivity contribution < 1.29 is 22.3 Å². The van der Waals surface area contributed by atoms with Crippen molar-refractivity contribution in [3.05, 3.63) is 48.0 Å². The molecule has 0 bridgehead atoms. The number of hydrogen-bond donors (Lipinski definition) is 0. The van der Waals surface area contributed by atoms with Crippen LogP contribution in [0.5, 0.6) is 0 Å². The largest absolute Gasteiger partial charge is 0.419 e. The lowest BCUT2D eigenvalue weighted by Crippen LogP contribution is -2.40. The van der Waals surface area contributed by atoms with Gasteiger partial charge in [0.15, 0.2) is 0 Å². The molecule has 0 aliphatic rings. The number of alkyl halides is 4. The Morgan fingerprint density at radius 3 is 2.26 bits per heavy atom. The molecule has 0 spiro atoms. The predicted molar refractivity (Wildman–Crippen MR) is 64.3 cm³/mol. The molecule has 0 aliphatic carbocycles. The molecule has 5 heteroatoms. The van der Waals surface area contributed by atoms with Crippen molar-refractivity contribution in [3.63, 3.8) is 0 Å². The molecule has 0 atom stereocenters. The molecular formula is C14H12F4O. The first-order valence-corrected chi connectivity index (χ1v) is 5.67. The van der Waals surface area contributed by atoms with Crippen molar-refractivity contribution >= 4 is 10.8 Å². The summed E-state index contributed by atoms with van der Waals surface area (Å²) in [6.07, 6.45) is -4.48. The molecule has 102 valence electrons. The Morgan fingerprint density at radius 1 is 0.947 bits per heavy atom. The highest BCUT2D eigenvalue weighted by atomic mass is 19.3. The first-order valence-electron chi connectivity index (χ1n) is 5.67. The van der Waals surface area contributed by atoms with Gasteiger partial charge in [0, 0.05) is 6.92 Å². The summed E-state index contributed by atoms with van der Waals surface area (Å²) in [6, 6.07) is 12.2. The fraction of sp³-hybridized carbons (Fsp3) is 0.286. The highest BCUT2D eigenvalue weighted by Crippen LogP contribution is 2.35. The maximum atomic E-state index is 13.0. The Hall–Kier alpha value is -1.62. The monoisotopic (exact) mass is 272 g/mol. The van der Waals surface area contributed by atoms with Crippen LogP contribution in [0.15, 0.2) is 42.5 Å². The summed E-state index contributed by atoms with van der Waals surface area (Å²) >= 11 is 0. The van der Waals surface area contributed by atoms with Crippen LogP contribution < -0.4 is 0 Å². The van der Waals surface area contributed by atoms with Crippen molar-refractivity contribution in [1.82, 2.24) is 0 Å². The van der Waals surface area contributed by atoms with Gasteiger partial charge >= 0.3 is 12.0 Å². The van der Waals surface area contributed by atoms with E-state index in [-0.39, 0.29) is 6.92 Å². The smallest absolute Gasteiger partial charge is 0.311 e. The van der Waals surface area contributed by atoms with Crippen molar-refractivity contribution in [3.8, 4) is 0 Å². The zero-order chi connectivity index (χ0) is 14.1. The molecule has 0 saturated carbocycles. The van der Waals surface area contributed by atoms with E-state index < -0.39 is 18.6 Å². The maximum Gasteiger partial charge on any atom is 0.419 e. The van der Waals surface area contributed by atoms with E-state index in [1.54, 1.807) is 24.3 Å². The lowest BCUT2D eigenvalue weighted by atomic mass is 10.1. The van der Waals surface area contributed by atoms with Crippen LogP contribution in [0.3, 0.4) is 0 Å². The van der Waals surface area contributed by atoms with Crippen LogP contribution in [-0.2, 0) is 11.3 Å². The molecule has 0 aromatic heterocycles. The van der Waals surface area contributed by atoms with E-state index in [0.29, 0.717) is 10.9 Å². The number of benzene rings is 2. The lowest BCUT2D eigenvalue weighted by Gasteiger charge is -2.23. The van der Waals surface area contributed by atoms with Crippen LogP contribution in [0.25, 0.3) is 10.8 Å².